The van der Waals surface area contributed by atoms with Crippen molar-refractivity contribution < 1.29 is 26.7 Å². The topological polar surface area (TPSA) is 74.2 Å². The monoisotopic (exact) mass is 624 g/mol. The lowest BCUT2D eigenvalue weighted by atomic mass is 10.1. The van der Waals surface area contributed by atoms with Crippen molar-refractivity contribution >= 4 is 48.0 Å². The van der Waals surface area contributed by atoms with E-state index in [0.717, 1.165) is 56.8 Å². The van der Waals surface area contributed by atoms with Gasteiger partial charge in [-0.05, 0) is 96.4 Å². The summed E-state index contributed by atoms with van der Waals surface area (Å²) >= 11 is 0. The van der Waals surface area contributed by atoms with Crippen molar-refractivity contribution in [3.8, 4) is 0 Å². The average molecular weight is 625 g/mol. The molecule has 0 aromatic carbocycles. The molecule has 0 spiro atoms. The minimum Gasteiger partial charge on any atom is -0.481 e. The van der Waals surface area contributed by atoms with Crippen LogP contribution in [0.25, 0.3) is 0 Å². The molecule has 0 aromatic heterocycles. The second kappa shape index (κ2) is 18.0. The molecule has 2 atom stereocenters. The molecule has 0 fully saturated rings. The quantitative estimate of drug-likeness (QED) is 0.0851. The number of hydrogen-bond donors (Lipinski definition) is 1. The van der Waals surface area contributed by atoms with Gasteiger partial charge >= 0.3 is 23.1 Å². The Morgan fingerprint density at radius 2 is 1.03 bits per heavy atom. The lowest BCUT2D eigenvalue weighted by Crippen LogP contribution is -2.58. The number of carbonyl (C=O) groups is 1. The fourth-order valence-electron chi connectivity index (χ4n) is 4.87. The minimum atomic E-state index is -2.45. The minimum absolute atomic E-state index is 0.301. The van der Waals surface area contributed by atoms with Crippen LogP contribution in [0.4, 0.5) is 0 Å². The van der Waals surface area contributed by atoms with Crippen LogP contribution in [0.1, 0.15) is 77.6 Å². The van der Waals surface area contributed by atoms with E-state index in [0.29, 0.717) is 6.42 Å². The Labute approximate surface area is 241 Å². The molecule has 0 amide bonds. The van der Waals surface area contributed by atoms with Gasteiger partial charge in [0.25, 0.3) is 0 Å². The third-order valence-electron chi connectivity index (χ3n) is 6.42. The fraction of sp³-hybridized carbons (Fsp3) is 0.963. The van der Waals surface area contributed by atoms with E-state index >= 15 is 0 Å². The molecule has 0 radical (unpaired) electrons. The zero-order chi connectivity index (χ0) is 29.5. The predicted molar refractivity (Wildman–Crippen MR) is 175 cm³/mol. The summed E-state index contributed by atoms with van der Waals surface area (Å²) in [5, 5.41) is 8.76. The highest BCUT2D eigenvalue weighted by Gasteiger charge is 2.47. The van der Waals surface area contributed by atoms with Gasteiger partial charge in [-0.15, -0.1) is 0 Å². The van der Waals surface area contributed by atoms with Gasteiger partial charge in [-0.25, -0.2) is 0 Å². The molecule has 0 aromatic rings. The van der Waals surface area contributed by atoms with Crippen molar-refractivity contribution in [2.45, 2.75) is 161 Å². The van der Waals surface area contributed by atoms with Crippen molar-refractivity contribution in [3.05, 3.63) is 0 Å². The van der Waals surface area contributed by atoms with E-state index < -0.39 is 48.0 Å². The number of carboxylic acid groups (broad SMARTS) is 1. The number of carboxylic acids is 1. The smallest absolute Gasteiger partial charge is 0.315 e. The van der Waals surface area contributed by atoms with Gasteiger partial charge < -0.3 is 21.9 Å². The zero-order valence-corrected chi connectivity index (χ0v) is 32.1. The number of aliphatic carboxylic acids is 1. The standard InChI is InChI=1S/C27H64O6Si5/c1-12-13-23-30-36(8,9)25-26-38(11,32-35(5,6)7)33-37(10,31-34(2,3)4)24-21-19-17-15-14-16-18-20-22-27(28)29/h12-26H2,1-11H3,(H,28,29). The number of hydrogen-bond acceptors (Lipinski definition) is 5. The summed E-state index contributed by atoms with van der Waals surface area (Å²) in [6.07, 6.45) is 11.6. The third-order valence-corrected chi connectivity index (χ3v) is 23.6. The van der Waals surface area contributed by atoms with Crippen LogP contribution in [0.2, 0.25) is 83.6 Å². The van der Waals surface area contributed by atoms with E-state index in [-0.39, 0.29) is 0 Å². The van der Waals surface area contributed by atoms with Crippen LogP contribution in [-0.4, -0.2) is 59.8 Å². The first-order chi connectivity index (χ1) is 17.3. The van der Waals surface area contributed by atoms with Gasteiger partial charge in [0, 0.05) is 13.0 Å². The first-order valence-electron chi connectivity index (χ1n) is 15.3. The van der Waals surface area contributed by atoms with Crippen LogP contribution in [0.5, 0.6) is 0 Å². The summed E-state index contributed by atoms with van der Waals surface area (Å²) < 4.78 is 27.4. The van der Waals surface area contributed by atoms with E-state index in [2.05, 4.69) is 72.4 Å². The van der Waals surface area contributed by atoms with E-state index in [4.69, 9.17) is 21.9 Å². The van der Waals surface area contributed by atoms with Crippen LogP contribution in [-0.2, 0) is 21.6 Å². The molecule has 0 bridgehead atoms. The molecule has 11 heteroatoms. The molecular weight excluding hydrogens is 561 g/mol. The number of rotatable bonds is 24. The van der Waals surface area contributed by atoms with Crippen LogP contribution in [0.3, 0.4) is 0 Å². The highest BCUT2D eigenvalue weighted by atomic mass is 28.5. The summed E-state index contributed by atoms with van der Waals surface area (Å²) in [5.41, 5.74) is 0. The second-order valence-corrected chi connectivity index (χ2v) is 34.7. The molecule has 1 N–H and O–H groups in total. The van der Waals surface area contributed by atoms with E-state index in [1.165, 1.54) is 32.1 Å². The maximum Gasteiger partial charge on any atom is 0.315 e. The van der Waals surface area contributed by atoms with E-state index in [1.54, 1.807) is 0 Å². The van der Waals surface area contributed by atoms with Crippen molar-refractivity contribution in [1.82, 2.24) is 0 Å². The molecule has 228 valence electrons. The van der Waals surface area contributed by atoms with Crippen LogP contribution >= 0.6 is 0 Å². The third kappa shape index (κ3) is 22.1. The summed E-state index contributed by atoms with van der Waals surface area (Å²) in [6.45, 7) is 26.0. The molecule has 0 aliphatic heterocycles. The molecule has 6 nitrogen and oxygen atoms in total. The van der Waals surface area contributed by atoms with E-state index in [1.807, 2.05) is 0 Å². The molecule has 0 heterocycles. The molecule has 0 saturated heterocycles. The molecule has 0 saturated carbocycles. The van der Waals surface area contributed by atoms with Crippen molar-refractivity contribution in [3.63, 3.8) is 0 Å². The highest BCUT2D eigenvalue weighted by molar-refractivity contribution is 6.90. The van der Waals surface area contributed by atoms with E-state index in [9.17, 15) is 4.79 Å². The Morgan fingerprint density at radius 3 is 1.47 bits per heavy atom. The Kier molecular flexibility index (Phi) is 18.2. The first-order valence-corrected chi connectivity index (χ1v) is 30.2. The summed E-state index contributed by atoms with van der Waals surface area (Å²) in [6, 6.07) is 3.09. The normalized spacial score (nSPS) is 16.3. The lowest BCUT2D eigenvalue weighted by Gasteiger charge is -2.43. The number of unbranched alkanes of at least 4 members (excludes halogenated alkanes) is 8. The SMILES string of the molecule is CCCCO[Si](C)(C)CC[Si](C)(O[Si](C)(C)C)O[Si](C)(CCCCCCCCCCC(=O)O)O[Si](C)(C)C. The van der Waals surface area contributed by atoms with Crippen LogP contribution in [0, 0.1) is 0 Å². The highest BCUT2D eigenvalue weighted by Crippen LogP contribution is 2.33. The predicted octanol–water partition coefficient (Wildman–Crippen LogP) is 9.47. The van der Waals surface area contributed by atoms with Crippen molar-refractivity contribution in [2.75, 3.05) is 6.61 Å². The Bertz CT molecular complexity index is 653. The maximum atomic E-state index is 10.6. The van der Waals surface area contributed by atoms with Gasteiger partial charge in [0.15, 0.2) is 25.0 Å². The summed E-state index contributed by atoms with van der Waals surface area (Å²) in [7, 11) is -10.2. The molecular formula is C27H64O6Si5. The second-order valence-electron chi connectivity index (χ2n) is 14.0. The van der Waals surface area contributed by atoms with Crippen LogP contribution in [0.15, 0.2) is 0 Å². The molecule has 0 rings (SSSR count). The molecule has 0 aliphatic carbocycles. The largest absolute Gasteiger partial charge is 0.481 e. The summed E-state index contributed by atoms with van der Waals surface area (Å²) in [5.74, 6) is -0.680. The van der Waals surface area contributed by atoms with Crippen molar-refractivity contribution in [1.29, 1.82) is 0 Å². The van der Waals surface area contributed by atoms with Crippen molar-refractivity contribution in [2.24, 2.45) is 0 Å². The summed E-state index contributed by atoms with van der Waals surface area (Å²) in [4.78, 5) is 10.6. The molecule has 2 unspecified atom stereocenters. The Balaban J connectivity index is 5.13. The van der Waals surface area contributed by atoms with Gasteiger partial charge in [-0.2, -0.15) is 0 Å². The fourth-order valence-corrected chi connectivity index (χ4v) is 27.6. The molecule has 38 heavy (non-hydrogen) atoms. The van der Waals surface area contributed by atoms with Gasteiger partial charge in [-0.1, -0.05) is 58.3 Å². The van der Waals surface area contributed by atoms with Gasteiger partial charge in [-0.3, -0.25) is 4.79 Å². The van der Waals surface area contributed by atoms with Gasteiger partial charge in [0.2, 0.25) is 0 Å². The van der Waals surface area contributed by atoms with Crippen LogP contribution < -0.4 is 0 Å². The maximum absolute atomic E-state index is 10.6. The average Bonchev–Trinajstić information content (AvgIpc) is 2.71. The van der Waals surface area contributed by atoms with Gasteiger partial charge in [0.05, 0.1) is 0 Å². The zero-order valence-electron chi connectivity index (χ0n) is 27.1. The van der Waals surface area contributed by atoms with Gasteiger partial charge in [0.1, 0.15) is 0 Å². The Morgan fingerprint density at radius 1 is 0.579 bits per heavy atom. The first kappa shape index (κ1) is 38.4. The molecule has 0 aliphatic rings. The lowest BCUT2D eigenvalue weighted by molar-refractivity contribution is -0.137. The Hall–Kier alpha value is 0.394.